The minimum Gasteiger partial charge on any atom is -0.353 e. The molecule has 0 aliphatic carbocycles. The van der Waals surface area contributed by atoms with Crippen LogP contribution >= 0.6 is 11.3 Å². The lowest BCUT2D eigenvalue weighted by Gasteiger charge is -2.25. The first-order chi connectivity index (χ1) is 10.1. The van der Waals surface area contributed by atoms with E-state index in [9.17, 15) is 4.79 Å². The highest BCUT2D eigenvalue weighted by Crippen LogP contribution is 2.17. The van der Waals surface area contributed by atoms with E-state index >= 15 is 0 Å². The second kappa shape index (κ2) is 7.28. The van der Waals surface area contributed by atoms with Crippen LogP contribution in [0.15, 0.2) is 35.8 Å². The van der Waals surface area contributed by atoms with E-state index in [2.05, 4.69) is 26.2 Å². The summed E-state index contributed by atoms with van der Waals surface area (Å²) in [5.74, 6) is 0. The molecule has 2 aromatic heterocycles. The third kappa shape index (κ3) is 4.34. The lowest BCUT2D eigenvalue weighted by Crippen LogP contribution is -2.40. The summed E-state index contributed by atoms with van der Waals surface area (Å²) in [4.78, 5) is 15.1. The third-order valence-electron chi connectivity index (χ3n) is 3.41. The zero-order valence-electron chi connectivity index (χ0n) is 12.7. The Morgan fingerprint density at radius 1 is 1.33 bits per heavy atom. The topological polar surface area (TPSA) is 49.3 Å². The van der Waals surface area contributed by atoms with Crippen molar-refractivity contribution in [2.24, 2.45) is 7.05 Å². The molecule has 0 spiro atoms. The van der Waals surface area contributed by atoms with E-state index in [1.54, 1.807) is 11.3 Å². The minimum absolute atomic E-state index is 0.135. The largest absolute Gasteiger partial charge is 0.353 e. The summed E-state index contributed by atoms with van der Waals surface area (Å²) in [5.41, 5.74) is 1.18. The van der Waals surface area contributed by atoms with Gasteiger partial charge in [-0.3, -0.25) is 4.90 Å². The lowest BCUT2D eigenvalue weighted by atomic mass is 10.2. The predicted octanol–water partition coefficient (Wildman–Crippen LogP) is 2.19. The summed E-state index contributed by atoms with van der Waals surface area (Å²) in [5, 5.41) is 7.82. The molecule has 0 saturated heterocycles. The molecule has 0 saturated carbocycles. The van der Waals surface area contributed by atoms with Crippen molar-refractivity contribution in [3.63, 3.8) is 0 Å². The monoisotopic (exact) mass is 306 g/mol. The summed E-state index contributed by atoms with van der Waals surface area (Å²) in [6.07, 6.45) is 2.02. The number of rotatable bonds is 6. The maximum Gasteiger partial charge on any atom is 0.315 e. The normalized spacial score (nSPS) is 12.4. The van der Waals surface area contributed by atoms with Gasteiger partial charge in [0.05, 0.1) is 12.6 Å². The highest BCUT2D eigenvalue weighted by atomic mass is 32.1. The number of amides is 2. The van der Waals surface area contributed by atoms with Gasteiger partial charge >= 0.3 is 6.03 Å². The number of hydrogen-bond donors (Lipinski definition) is 2. The summed E-state index contributed by atoms with van der Waals surface area (Å²) in [6, 6.07) is 8.11. The molecule has 0 unspecified atom stereocenters. The summed E-state index contributed by atoms with van der Waals surface area (Å²) in [6.45, 7) is 1.14. The van der Waals surface area contributed by atoms with Crippen molar-refractivity contribution in [2.45, 2.75) is 12.6 Å². The molecule has 2 N–H and O–H groups in total. The van der Waals surface area contributed by atoms with Crippen LogP contribution in [-0.2, 0) is 13.6 Å². The van der Waals surface area contributed by atoms with Crippen LogP contribution in [0, 0.1) is 0 Å². The molecule has 21 heavy (non-hydrogen) atoms. The second-order valence-electron chi connectivity index (χ2n) is 5.17. The molecule has 0 bridgehead atoms. The molecule has 0 radical (unpaired) electrons. The number of thiophene rings is 1. The molecule has 2 heterocycles. The van der Waals surface area contributed by atoms with Gasteiger partial charge in [0, 0.05) is 30.4 Å². The van der Waals surface area contributed by atoms with Crippen LogP contribution in [0.25, 0.3) is 0 Å². The number of hydrogen-bond acceptors (Lipinski definition) is 3. The van der Waals surface area contributed by atoms with Crippen molar-refractivity contribution in [1.82, 2.24) is 20.1 Å². The number of nitrogens with one attached hydrogen (secondary N) is 2. The fraction of sp³-hybridized carbons (Fsp3) is 0.400. The van der Waals surface area contributed by atoms with Crippen LogP contribution in [-0.4, -0.2) is 36.1 Å². The first kappa shape index (κ1) is 15.6. The van der Waals surface area contributed by atoms with E-state index < -0.39 is 0 Å². The predicted molar refractivity (Wildman–Crippen MR) is 86.4 cm³/mol. The van der Waals surface area contributed by atoms with Crippen molar-refractivity contribution >= 4 is 17.4 Å². The summed E-state index contributed by atoms with van der Waals surface area (Å²) < 4.78 is 2.08. The summed E-state index contributed by atoms with van der Waals surface area (Å²) >= 11 is 1.64. The fourth-order valence-corrected chi connectivity index (χ4v) is 2.85. The van der Waals surface area contributed by atoms with Gasteiger partial charge in [-0.05, 0) is 37.7 Å². The zero-order chi connectivity index (χ0) is 15.2. The quantitative estimate of drug-likeness (QED) is 0.859. The van der Waals surface area contributed by atoms with Crippen molar-refractivity contribution in [1.29, 1.82) is 0 Å². The number of urea groups is 1. The zero-order valence-corrected chi connectivity index (χ0v) is 13.5. The van der Waals surface area contributed by atoms with Gasteiger partial charge in [-0.1, -0.05) is 6.07 Å². The molecule has 2 aromatic rings. The van der Waals surface area contributed by atoms with Crippen molar-refractivity contribution in [2.75, 3.05) is 20.6 Å². The Balaban J connectivity index is 1.84. The molecular formula is C15H22N4OS. The third-order valence-corrected chi connectivity index (χ3v) is 4.28. The van der Waals surface area contributed by atoms with E-state index in [4.69, 9.17) is 0 Å². The Morgan fingerprint density at radius 3 is 2.71 bits per heavy atom. The van der Waals surface area contributed by atoms with Crippen LogP contribution in [0.3, 0.4) is 0 Å². The molecule has 1 atom stereocenters. The number of nitrogens with zero attached hydrogens (tertiary/aromatic N) is 2. The van der Waals surface area contributed by atoms with Gasteiger partial charge in [0.15, 0.2) is 0 Å². The highest BCUT2D eigenvalue weighted by Gasteiger charge is 2.17. The number of carbonyl (C=O) groups is 1. The van der Waals surface area contributed by atoms with Crippen LogP contribution in [0.5, 0.6) is 0 Å². The van der Waals surface area contributed by atoms with Crippen LogP contribution < -0.4 is 10.6 Å². The highest BCUT2D eigenvalue weighted by molar-refractivity contribution is 7.09. The van der Waals surface area contributed by atoms with E-state index in [0.717, 1.165) is 4.88 Å². The fourth-order valence-electron chi connectivity index (χ4n) is 2.20. The Labute approximate surface area is 129 Å². The molecule has 6 heteroatoms. The van der Waals surface area contributed by atoms with E-state index in [0.29, 0.717) is 13.1 Å². The van der Waals surface area contributed by atoms with Crippen LogP contribution in [0.4, 0.5) is 4.79 Å². The Kier molecular flexibility index (Phi) is 5.41. The molecule has 0 aliphatic heterocycles. The first-order valence-electron chi connectivity index (χ1n) is 6.89. The SMILES string of the molecule is CN(C)[C@H](CNC(=O)NCc1cccs1)c1cccn1C. The average molecular weight is 306 g/mol. The van der Waals surface area contributed by atoms with Crippen molar-refractivity contribution in [3.8, 4) is 0 Å². The molecule has 5 nitrogen and oxygen atoms in total. The van der Waals surface area contributed by atoms with Gasteiger partial charge in [-0.25, -0.2) is 4.79 Å². The second-order valence-corrected chi connectivity index (χ2v) is 6.20. The Morgan fingerprint density at radius 2 is 2.14 bits per heavy atom. The Bertz CT molecular complexity index is 562. The molecule has 2 rings (SSSR count). The summed E-state index contributed by atoms with van der Waals surface area (Å²) in [7, 11) is 6.05. The molecule has 2 amide bonds. The van der Waals surface area contributed by atoms with Gasteiger partial charge < -0.3 is 15.2 Å². The van der Waals surface area contributed by atoms with Crippen LogP contribution in [0.2, 0.25) is 0 Å². The maximum atomic E-state index is 11.9. The van der Waals surface area contributed by atoms with E-state index in [-0.39, 0.29) is 12.1 Å². The standard InChI is InChI=1S/C15H22N4OS/c1-18(2)14(13-7-4-8-19(13)3)11-17-15(20)16-10-12-6-5-9-21-12/h4-9,14H,10-11H2,1-3H3,(H2,16,17,20)/t14-/m1/s1. The number of likely N-dealkylation sites (N-methyl/N-ethyl adjacent to an activating group) is 1. The van der Waals surface area contributed by atoms with Gasteiger partial charge in [-0.2, -0.15) is 0 Å². The number of carbonyl (C=O) groups excluding carboxylic acids is 1. The average Bonchev–Trinajstić information content (AvgIpc) is 3.08. The number of aromatic nitrogens is 1. The maximum absolute atomic E-state index is 11.9. The first-order valence-corrected chi connectivity index (χ1v) is 7.77. The molecule has 0 aromatic carbocycles. The smallest absolute Gasteiger partial charge is 0.315 e. The van der Waals surface area contributed by atoms with Crippen molar-refractivity contribution in [3.05, 3.63) is 46.4 Å². The lowest BCUT2D eigenvalue weighted by molar-refractivity contribution is 0.231. The number of aryl methyl sites for hydroxylation is 1. The van der Waals surface area contributed by atoms with E-state index in [1.807, 2.05) is 50.9 Å². The molecule has 114 valence electrons. The molecule has 0 aliphatic rings. The Hall–Kier alpha value is -1.79. The molecular weight excluding hydrogens is 284 g/mol. The van der Waals surface area contributed by atoms with Crippen molar-refractivity contribution < 1.29 is 4.79 Å². The van der Waals surface area contributed by atoms with Gasteiger partial charge in [0.2, 0.25) is 0 Å². The minimum atomic E-state index is -0.135. The van der Waals surface area contributed by atoms with Gasteiger partial charge in [-0.15, -0.1) is 11.3 Å². The van der Waals surface area contributed by atoms with E-state index in [1.165, 1.54) is 5.69 Å². The molecule has 0 fully saturated rings. The van der Waals surface area contributed by atoms with Gasteiger partial charge in [0.25, 0.3) is 0 Å². The van der Waals surface area contributed by atoms with Crippen LogP contribution in [0.1, 0.15) is 16.6 Å². The van der Waals surface area contributed by atoms with Gasteiger partial charge in [0.1, 0.15) is 0 Å².